The molecule has 2 aromatic carbocycles. The zero-order chi connectivity index (χ0) is 21.2. The molecule has 3 aromatic rings. The van der Waals surface area contributed by atoms with Crippen molar-refractivity contribution in [2.24, 2.45) is 0 Å². The van der Waals surface area contributed by atoms with Crippen LogP contribution >= 0.6 is 11.3 Å². The SMILES string of the molecule is Cc1cc(C)c(NC(=O)CN(c2ccccc2F)S(=O)(=O)c2cccs2)c(C)c1. The highest BCUT2D eigenvalue weighted by atomic mass is 32.2. The first-order chi connectivity index (χ1) is 13.7. The molecule has 5 nitrogen and oxygen atoms in total. The molecule has 8 heteroatoms. The van der Waals surface area contributed by atoms with Gasteiger partial charge in [0.1, 0.15) is 16.6 Å². The zero-order valence-electron chi connectivity index (χ0n) is 16.3. The van der Waals surface area contributed by atoms with Gasteiger partial charge in [0.15, 0.2) is 0 Å². The first-order valence-electron chi connectivity index (χ1n) is 8.88. The molecule has 29 heavy (non-hydrogen) atoms. The molecule has 1 amide bonds. The van der Waals surface area contributed by atoms with Crippen LogP contribution in [-0.2, 0) is 14.8 Å². The molecule has 0 aliphatic heterocycles. The predicted octanol–water partition coefficient (Wildman–Crippen LogP) is 4.65. The summed E-state index contributed by atoms with van der Waals surface area (Å²) in [6.07, 6.45) is 0. The number of benzene rings is 2. The summed E-state index contributed by atoms with van der Waals surface area (Å²) in [5.74, 6) is -1.27. The van der Waals surface area contributed by atoms with Crippen molar-refractivity contribution in [1.82, 2.24) is 0 Å². The van der Waals surface area contributed by atoms with Crippen molar-refractivity contribution in [1.29, 1.82) is 0 Å². The van der Waals surface area contributed by atoms with Crippen molar-refractivity contribution in [2.75, 3.05) is 16.2 Å². The standard InChI is InChI=1S/C21H21FN2O3S2/c1-14-11-15(2)21(16(3)12-14)23-19(25)13-24(18-8-5-4-7-17(18)22)29(26,27)20-9-6-10-28-20/h4-12H,13H2,1-3H3,(H,23,25). The molecule has 0 bridgehead atoms. The molecule has 1 N–H and O–H groups in total. The molecule has 0 saturated carbocycles. The van der Waals surface area contributed by atoms with Crippen LogP contribution in [0.25, 0.3) is 0 Å². The fourth-order valence-corrected chi connectivity index (χ4v) is 5.69. The number of halogens is 1. The number of hydrogen-bond acceptors (Lipinski definition) is 4. The van der Waals surface area contributed by atoms with Crippen molar-refractivity contribution in [3.05, 3.63) is 76.4 Å². The lowest BCUT2D eigenvalue weighted by Crippen LogP contribution is -2.38. The third kappa shape index (κ3) is 4.49. The topological polar surface area (TPSA) is 66.5 Å². The van der Waals surface area contributed by atoms with Gasteiger partial charge in [-0.25, -0.2) is 12.8 Å². The fourth-order valence-electron chi connectivity index (χ4n) is 3.16. The number of rotatable bonds is 6. The van der Waals surface area contributed by atoms with E-state index in [2.05, 4.69) is 5.32 Å². The van der Waals surface area contributed by atoms with E-state index in [1.807, 2.05) is 32.9 Å². The molecular formula is C21H21FN2O3S2. The summed E-state index contributed by atoms with van der Waals surface area (Å²) in [6, 6.07) is 12.4. The number of carbonyl (C=O) groups is 1. The average Bonchev–Trinajstić information content (AvgIpc) is 3.19. The number of amides is 1. The van der Waals surface area contributed by atoms with Gasteiger partial charge in [-0.3, -0.25) is 9.10 Å². The second-order valence-electron chi connectivity index (χ2n) is 6.72. The maximum Gasteiger partial charge on any atom is 0.274 e. The molecule has 0 radical (unpaired) electrons. The Bertz CT molecular complexity index is 1120. The van der Waals surface area contributed by atoms with Crippen LogP contribution in [-0.4, -0.2) is 20.9 Å². The summed E-state index contributed by atoms with van der Waals surface area (Å²) >= 11 is 1.01. The Kier molecular flexibility index (Phi) is 6.04. The number of sulfonamides is 1. The lowest BCUT2D eigenvalue weighted by Gasteiger charge is -2.24. The Hall–Kier alpha value is -2.71. The van der Waals surface area contributed by atoms with E-state index in [9.17, 15) is 17.6 Å². The zero-order valence-corrected chi connectivity index (χ0v) is 17.9. The largest absolute Gasteiger partial charge is 0.324 e. The van der Waals surface area contributed by atoms with Crippen LogP contribution < -0.4 is 9.62 Å². The Labute approximate surface area is 173 Å². The molecule has 0 unspecified atom stereocenters. The molecule has 1 heterocycles. The minimum absolute atomic E-state index is 0.0382. The smallest absolute Gasteiger partial charge is 0.274 e. The summed E-state index contributed by atoms with van der Waals surface area (Å²) < 4.78 is 41.5. The van der Waals surface area contributed by atoms with Gasteiger partial charge in [-0.05, 0) is 55.5 Å². The third-order valence-electron chi connectivity index (χ3n) is 4.39. The summed E-state index contributed by atoms with van der Waals surface area (Å²) in [7, 11) is -4.10. The van der Waals surface area contributed by atoms with E-state index in [4.69, 9.17) is 0 Å². The highest BCUT2D eigenvalue weighted by molar-refractivity contribution is 7.94. The number of para-hydroxylation sites is 1. The van der Waals surface area contributed by atoms with Gasteiger partial charge in [-0.1, -0.05) is 35.9 Å². The maximum atomic E-state index is 14.4. The second-order valence-corrected chi connectivity index (χ2v) is 9.75. The molecule has 0 atom stereocenters. The van der Waals surface area contributed by atoms with E-state index in [0.717, 1.165) is 32.3 Å². The molecule has 3 rings (SSSR count). The number of nitrogens with zero attached hydrogens (tertiary/aromatic N) is 1. The van der Waals surface area contributed by atoms with Crippen molar-refractivity contribution in [2.45, 2.75) is 25.0 Å². The molecule has 0 spiro atoms. The number of hydrogen-bond donors (Lipinski definition) is 1. The van der Waals surface area contributed by atoms with E-state index in [-0.39, 0.29) is 9.90 Å². The summed E-state index contributed by atoms with van der Waals surface area (Å²) in [5.41, 5.74) is 3.26. The number of nitrogens with one attached hydrogen (secondary N) is 1. The number of anilines is 2. The number of aryl methyl sites for hydroxylation is 3. The molecular weight excluding hydrogens is 411 g/mol. The van der Waals surface area contributed by atoms with Crippen molar-refractivity contribution in [3.8, 4) is 0 Å². The molecule has 0 saturated heterocycles. The van der Waals surface area contributed by atoms with E-state index in [1.54, 1.807) is 11.4 Å². The highest BCUT2D eigenvalue weighted by Gasteiger charge is 2.30. The van der Waals surface area contributed by atoms with Gasteiger partial charge in [0.05, 0.1) is 5.69 Å². The van der Waals surface area contributed by atoms with Crippen LogP contribution in [0.15, 0.2) is 58.1 Å². The minimum Gasteiger partial charge on any atom is -0.324 e. The van der Waals surface area contributed by atoms with Crippen molar-refractivity contribution < 1.29 is 17.6 Å². The third-order valence-corrected chi connectivity index (χ3v) is 7.52. The van der Waals surface area contributed by atoms with E-state index >= 15 is 0 Å². The Morgan fingerprint density at radius 3 is 2.31 bits per heavy atom. The highest BCUT2D eigenvalue weighted by Crippen LogP contribution is 2.29. The van der Waals surface area contributed by atoms with E-state index in [0.29, 0.717) is 5.69 Å². The van der Waals surface area contributed by atoms with Gasteiger partial charge in [0.2, 0.25) is 5.91 Å². The van der Waals surface area contributed by atoms with Crippen LogP contribution in [0.3, 0.4) is 0 Å². The Morgan fingerprint density at radius 1 is 1.07 bits per heavy atom. The molecule has 0 aliphatic rings. The minimum atomic E-state index is -4.10. The lowest BCUT2D eigenvalue weighted by atomic mass is 10.1. The van der Waals surface area contributed by atoms with Crippen LogP contribution in [0.5, 0.6) is 0 Å². The monoisotopic (exact) mass is 432 g/mol. The first kappa shape index (κ1) is 21.0. The van der Waals surface area contributed by atoms with Gasteiger partial charge in [-0.2, -0.15) is 0 Å². The summed E-state index contributed by atoms with van der Waals surface area (Å²) in [5, 5.41) is 4.40. The van der Waals surface area contributed by atoms with Crippen LogP contribution in [0.1, 0.15) is 16.7 Å². The van der Waals surface area contributed by atoms with Gasteiger partial charge < -0.3 is 5.32 Å². The normalized spacial score (nSPS) is 11.3. The lowest BCUT2D eigenvalue weighted by molar-refractivity contribution is -0.114. The molecule has 152 valence electrons. The van der Waals surface area contributed by atoms with Crippen LogP contribution in [0.2, 0.25) is 0 Å². The predicted molar refractivity (Wildman–Crippen MR) is 115 cm³/mol. The van der Waals surface area contributed by atoms with Gasteiger partial charge >= 0.3 is 0 Å². The van der Waals surface area contributed by atoms with Crippen molar-refractivity contribution in [3.63, 3.8) is 0 Å². The Balaban J connectivity index is 1.96. The summed E-state index contributed by atoms with van der Waals surface area (Å²) in [4.78, 5) is 12.8. The first-order valence-corrected chi connectivity index (χ1v) is 11.2. The van der Waals surface area contributed by atoms with Gasteiger partial charge in [0.25, 0.3) is 10.0 Å². The fraction of sp³-hybridized carbons (Fsp3) is 0.190. The number of carbonyl (C=O) groups excluding carboxylic acids is 1. The van der Waals surface area contributed by atoms with Crippen LogP contribution in [0, 0.1) is 26.6 Å². The van der Waals surface area contributed by atoms with E-state index in [1.165, 1.54) is 30.3 Å². The summed E-state index contributed by atoms with van der Waals surface area (Å²) in [6.45, 7) is 5.15. The van der Waals surface area contributed by atoms with E-state index < -0.39 is 28.3 Å². The molecule has 0 fully saturated rings. The second kappa shape index (κ2) is 8.34. The quantitative estimate of drug-likeness (QED) is 0.617. The average molecular weight is 433 g/mol. The Morgan fingerprint density at radius 2 is 1.72 bits per heavy atom. The van der Waals surface area contributed by atoms with Gasteiger partial charge in [0, 0.05) is 5.69 Å². The van der Waals surface area contributed by atoms with Crippen LogP contribution in [0.4, 0.5) is 15.8 Å². The molecule has 0 aliphatic carbocycles. The van der Waals surface area contributed by atoms with Gasteiger partial charge in [-0.15, -0.1) is 11.3 Å². The number of thiophene rings is 1. The van der Waals surface area contributed by atoms with Crippen molar-refractivity contribution >= 4 is 38.6 Å². The maximum absolute atomic E-state index is 14.4. The molecule has 1 aromatic heterocycles.